The van der Waals surface area contributed by atoms with Gasteiger partial charge in [-0.2, -0.15) is 0 Å². The van der Waals surface area contributed by atoms with Crippen molar-refractivity contribution in [2.75, 3.05) is 20.0 Å². The molecule has 1 aromatic heterocycles. The van der Waals surface area contributed by atoms with Crippen molar-refractivity contribution in [3.8, 4) is 11.5 Å². The maximum Gasteiger partial charge on any atom is 0.244 e. The van der Waals surface area contributed by atoms with E-state index in [1.54, 1.807) is 44.0 Å². The standard InChI is InChI=1S/C24H27N5O4S/c1-29-21(15-26-22(30)12-10-17-9-11-19(32-2)20(13-17)33-3)27-28-24(29)34-16-23(31)25-14-18-7-5-4-6-8-18/h4-13H,14-16H2,1-3H3,(H,25,31)(H,26,30). The molecule has 0 atom stereocenters. The molecule has 0 bridgehead atoms. The van der Waals surface area contributed by atoms with Gasteiger partial charge in [-0.25, -0.2) is 0 Å². The zero-order valence-corrected chi connectivity index (χ0v) is 20.1. The number of aromatic nitrogens is 3. The van der Waals surface area contributed by atoms with Crippen molar-refractivity contribution < 1.29 is 19.1 Å². The molecule has 178 valence electrons. The van der Waals surface area contributed by atoms with Gasteiger partial charge >= 0.3 is 0 Å². The van der Waals surface area contributed by atoms with Crippen LogP contribution in [0.5, 0.6) is 11.5 Å². The van der Waals surface area contributed by atoms with Crippen LogP contribution < -0.4 is 20.1 Å². The number of ether oxygens (including phenoxy) is 2. The minimum absolute atomic E-state index is 0.0907. The number of carbonyl (C=O) groups is 2. The highest BCUT2D eigenvalue weighted by Crippen LogP contribution is 2.27. The third-order valence-electron chi connectivity index (χ3n) is 4.85. The van der Waals surface area contributed by atoms with E-state index in [-0.39, 0.29) is 24.1 Å². The fourth-order valence-electron chi connectivity index (χ4n) is 2.96. The van der Waals surface area contributed by atoms with Crippen LogP contribution in [0.3, 0.4) is 0 Å². The lowest BCUT2D eigenvalue weighted by Gasteiger charge is -2.07. The van der Waals surface area contributed by atoms with E-state index in [1.165, 1.54) is 17.8 Å². The predicted molar refractivity (Wildman–Crippen MR) is 130 cm³/mol. The number of nitrogens with zero attached hydrogens (tertiary/aromatic N) is 3. The highest BCUT2D eigenvalue weighted by atomic mass is 32.2. The molecule has 2 amide bonds. The Balaban J connectivity index is 1.46. The molecule has 2 aromatic carbocycles. The van der Waals surface area contributed by atoms with Gasteiger partial charge in [0.25, 0.3) is 0 Å². The molecule has 0 spiro atoms. The van der Waals surface area contributed by atoms with Gasteiger partial charge in [0, 0.05) is 19.7 Å². The third-order valence-corrected chi connectivity index (χ3v) is 5.87. The van der Waals surface area contributed by atoms with Gasteiger partial charge in [0.15, 0.2) is 22.5 Å². The van der Waals surface area contributed by atoms with E-state index < -0.39 is 0 Å². The molecule has 34 heavy (non-hydrogen) atoms. The van der Waals surface area contributed by atoms with Crippen LogP contribution in [0.1, 0.15) is 17.0 Å². The Hall–Kier alpha value is -3.79. The van der Waals surface area contributed by atoms with E-state index in [2.05, 4.69) is 20.8 Å². The summed E-state index contributed by atoms with van der Waals surface area (Å²) >= 11 is 1.29. The predicted octanol–water partition coefficient (Wildman–Crippen LogP) is 2.57. The molecule has 3 rings (SSSR count). The van der Waals surface area contributed by atoms with Crippen LogP contribution >= 0.6 is 11.8 Å². The second kappa shape index (κ2) is 12.4. The van der Waals surface area contributed by atoms with Crippen molar-refractivity contribution in [1.29, 1.82) is 0 Å². The van der Waals surface area contributed by atoms with Crippen LogP contribution in [-0.2, 0) is 29.7 Å². The summed E-state index contributed by atoms with van der Waals surface area (Å²) in [5, 5.41) is 14.5. The smallest absolute Gasteiger partial charge is 0.244 e. The maximum absolute atomic E-state index is 12.2. The number of thioether (sulfide) groups is 1. The molecule has 0 aliphatic rings. The van der Waals surface area contributed by atoms with Crippen LogP contribution in [0, 0.1) is 0 Å². The first-order valence-corrected chi connectivity index (χ1v) is 11.5. The van der Waals surface area contributed by atoms with Crippen LogP contribution in [0.25, 0.3) is 6.08 Å². The first-order valence-electron chi connectivity index (χ1n) is 10.5. The fraction of sp³-hybridized carbons (Fsp3) is 0.250. The SMILES string of the molecule is COc1ccc(C=CC(=O)NCc2nnc(SCC(=O)NCc3ccccc3)n2C)cc1OC. The number of hydrogen-bond acceptors (Lipinski definition) is 7. The summed E-state index contributed by atoms with van der Waals surface area (Å²) in [4.78, 5) is 24.3. The van der Waals surface area contributed by atoms with Crippen molar-refractivity contribution >= 4 is 29.7 Å². The molecule has 0 aliphatic heterocycles. The molecular formula is C24H27N5O4S. The summed E-state index contributed by atoms with van der Waals surface area (Å²) in [6.45, 7) is 0.687. The van der Waals surface area contributed by atoms with Crippen LogP contribution in [0.4, 0.5) is 0 Å². The van der Waals surface area contributed by atoms with Crippen LogP contribution in [0.15, 0.2) is 59.8 Å². The summed E-state index contributed by atoms with van der Waals surface area (Å²) in [7, 11) is 4.92. The summed E-state index contributed by atoms with van der Waals surface area (Å²) in [6, 6.07) is 15.1. The number of amides is 2. The molecule has 9 nitrogen and oxygen atoms in total. The molecule has 0 saturated carbocycles. The topological polar surface area (TPSA) is 107 Å². The van der Waals surface area contributed by atoms with E-state index in [0.29, 0.717) is 29.0 Å². The fourth-order valence-corrected chi connectivity index (χ4v) is 3.72. The summed E-state index contributed by atoms with van der Waals surface area (Å²) in [5.41, 5.74) is 1.84. The zero-order valence-electron chi connectivity index (χ0n) is 19.3. The van der Waals surface area contributed by atoms with Crippen molar-refractivity contribution in [2.24, 2.45) is 7.05 Å². The van der Waals surface area contributed by atoms with E-state index in [0.717, 1.165) is 11.1 Å². The number of benzene rings is 2. The van der Waals surface area contributed by atoms with Gasteiger partial charge in [-0.05, 0) is 29.3 Å². The Morgan fingerprint density at radius 1 is 1.00 bits per heavy atom. The largest absolute Gasteiger partial charge is 0.493 e. The number of hydrogen-bond donors (Lipinski definition) is 2. The summed E-state index contributed by atoms with van der Waals surface area (Å²) < 4.78 is 12.2. The minimum Gasteiger partial charge on any atom is -0.493 e. The monoisotopic (exact) mass is 481 g/mol. The van der Waals surface area contributed by atoms with E-state index in [9.17, 15) is 9.59 Å². The van der Waals surface area contributed by atoms with Gasteiger partial charge in [-0.15, -0.1) is 10.2 Å². The summed E-state index contributed by atoms with van der Waals surface area (Å²) in [5.74, 6) is 1.65. The average molecular weight is 482 g/mol. The van der Waals surface area contributed by atoms with Gasteiger partial charge in [0.1, 0.15) is 0 Å². The second-order valence-corrected chi connectivity index (χ2v) is 8.12. The lowest BCUT2D eigenvalue weighted by Crippen LogP contribution is -2.24. The molecule has 1 heterocycles. The zero-order chi connectivity index (χ0) is 24.3. The number of methoxy groups -OCH3 is 2. The lowest BCUT2D eigenvalue weighted by molar-refractivity contribution is -0.119. The Morgan fingerprint density at radius 2 is 1.76 bits per heavy atom. The van der Waals surface area contributed by atoms with Gasteiger partial charge < -0.3 is 24.7 Å². The first-order chi connectivity index (χ1) is 16.5. The Kier molecular flexibility index (Phi) is 9.10. The Labute approximate surface area is 202 Å². The molecule has 10 heteroatoms. The minimum atomic E-state index is -0.271. The normalized spacial score (nSPS) is 10.8. The highest BCUT2D eigenvalue weighted by Gasteiger charge is 2.12. The molecule has 3 aromatic rings. The molecule has 0 aliphatic carbocycles. The van der Waals surface area contributed by atoms with Crippen molar-refractivity contribution in [3.63, 3.8) is 0 Å². The second-order valence-electron chi connectivity index (χ2n) is 7.17. The van der Waals surface area contributed by atoms with Gasteiger partial charge in [0.05, 0.1) is 26.5 Å². The Bertz CT molecular complexity index is 1150. The van der Waals surface area contributed by atoms with E-state index in [4.69, 9.17) is 9.47 Å². The highest BCUT2D eigenvalue weighted by molar-refractivity contribution is 7.99. The molecule has 0 fully saturated rings. The van der Waals surface area contributed by atoms with E-state index >= 15 is 0 Å². The molecule has 2 N–H and O–H groups in total. The molecule has 0 radical (unpaired) electrons. The molecule has 0 saturated heterocycles. The van der Waals surface area contributed by atoms with Gasteiger partial charge in [-0.1, -0.05) is 48.2 Å². The quantitative estimate of drug-likeness (QED) is 0.320. The average Bonchev–Trinajstić information content (AvgIpc) is 3.23. The number of nitrogens with one attached hydrogen (secondary N) is 2. The molecular weight excluding hydrogens is 454 g/mol. The van der Waals surface area contributed by atoms with Crippen molar-refractivity contribution in [1.82, 2.24) is 25.4 Å². The lowest BCUT2D eigenvalue weighted by atomic mass is 10.2. The Morgan fingerprint density at radius 3 is 2.50 bits per heavy atom. The van der Waals surface area contributed by atoms with Gasteiger partial charge in [-0.3, -0.25) is 9.59 Å². The maximum atomic E-state index is 12.2. The third kappa shape index (κ3) is 7.11. The summed E-state index contributed by atoms with van der Waals surface area (Å²) in [6.07, 6.45) is 3.12. The first kappa shape index (κ1) is 24.8. The van der Waals surface area contributed by atoms with Crippen LogP contribution in [0.2, 0.25) is 0 Å². The number of carbonyl (C=O) groups excluding carboxylic acids is 2. The van der Waals surface area contributed by atoms with Crippen LogP contribution in [-0.4, -0.2) is 46.6 Å². The number of rotatable bonds is 11. The molecule has 0 unspecified atom stereocenters. The van der Waals surface area contributed by atoms with Crippen molar-refractivity contribution in [3.05, 3.63) is 71.6 Å². The van der Waals surface area contributed by atoms with Crippen molar-refractivity contribution in [2.45, 2.75) is 18.2 Å². The van der Waals surface area contributed by atoms with Gasteiger partial charge in [0.2, 0.25) is 11.8 Å². The van der Waals surface area contributed by atoms with E-state index in [1.807, 2.05) is 36.4 Å².